The second-order valence-electron chi connectivity index (χ2n) is 6.17. The Morgan fingerprint density at radius 2 is 2.00 bits per heavy atom. The normalized spacial score (nSPS) is 40.9. The summed E-state index contributed by atoms with van der Waals surface area (Å²) in [4.78, 5) is 0. The van der Waals surface area contributed by atoms with Crippen molar-refractivity contribution in [3.8, 4) is 0 Å². The van der Waals surface area contributed by atoms with E-state index in [0.717, 1.165) is 17.9 Å². The van der Waals surface area contributed by atoms with E-state index in [9.17, 15) is 0 Å². The van der Waals surface area contributed by atoms with E-state index >= 15 is 0 Å². The summed E-state index contributed by atoms with van der Waals surface area (Å²) in [6.07, 6.45) is 7.13. The van der Waals surface area contributed by atoms with Crippen LogP contribution in [0.1, 0.15) is 52.9 Å². The van der Waals surface area contributed by atoms with Crippen LogP contribution in [0, 0.1) is 17.3 Å². The van der Waals surface area contributed by atoms with Crippen LogP contribution in [0.3, 0.4) is 0 Å². The zero-order valence-corrected chi connectivity index (χ0v) is 9.97. The molecule has 0 heterocycles. The average Bonchev–Trinajstić information content (AvgIpc) is 2.79. The second kappa shape index (κ2) is 3.84. The van der Waals surface area contributed by atoms with Gasteiger partial charge in [-0.3, -0.25) is 0 Å². The quantitative estimate of drug-likeness (QED) is 0.729. The van der Waals surface area contributed by atoms with Crippen molar-refractivity contribution in [2.24, 2.45) is 17.3 Å². The molecule has 1 N–H and O–H groups in total. The molecule has 0 bridgehead atoms. The fourth-order valence-electron chi connectivity index (χ4n) is 2.85. The first-order valence-corrected chi connectivity index (χ1v) is 6.33. The maximum Gasteiger partial charge on any atom is 0.0118 e. The van der Waals surface area contributed by atoms with Crippen molar-refractivity contribution in [1.82, 2.24) is 5.32 Å². The molecule has 0 spiro atoms. The second-order valence-corrected chi connectivity index (χ2v) is 6.17. The van der Waals surface area contributed by atoms with Gasteiger partial charge in [-0.25, -0.2) is 0 Å². The molecule has 2 aliphatic rings. The Morgan fingerprint density at radius 1 is 1.29 bits per heavy atom. The summed E-state index contributed by atoms with van der Waals surface area (Å²) in [6.45, 7) is 8.51. The van der Waals surface area contributed by atoms with Gasteiger partial charge in [-0.2, -0.15) is 0 Å². The molecule has 0 aromatic rings. The Balaban J connectivity index is 1.77. The van der Waals surface area contributed by atoms with Crippen molar-refractivity contribution >= 4 is 0 Å². The van der Waals surface area contributed by atoms with Gasteiger partial charge in [-0.1, -0.05) is 33.6 Å². The van der Waals surface area contributed by atoms with Crippen molar-refractivity contribution in [1.29, 1.82) is 0 Å². The molecule has 0 saturated heterocycles. The van der Waals surface area contributed by atoms with Crippen LogP contribution in [0.4, 0.5) is 0 Å². The number of hydrogen-bond donors (Lipinski definition) is 1. The lowest BCUT2D eigenvalue weighted by atomic mass is 9.73. The fourth-order valence-corrected chi connectivity index (χ4v) is 2.85. The molecule has 14 heavy (non-hydrogen) atoms. The zero-order chi connectivity index (χ0) is 10.2. The van der Waals surface area contributed by atoms with E-state index in [-0.39, 0.29) is 0 Å². The monoisotopic (exact) mass is 195 g/mol. The van der Waals surface area contributed by atoms with Crippen molar-refractivity contribution in [3.63, 3.8) is 0 Å². The summed E-state index contributed by atoms with van der Waals surface area (Å²) >= 11 is 0. The van der Waals surface area contributed by atoms with Gasteiger partial charge in [0, 0.05) is 6.04 Å². The Morgan fingerprint density at radius 3 is 2.57 bits per heavy atom. The van der Waals surface area contributed by atoms with Gasteiger partial charge >= 0.3 is 0 Å². The van der Waals surface area contributed by atoms with Gasteiger partial charge in [0.1, 0.15) is 0 Å². The first kappa shape index (κ1) is 10.5. The van der Waals surface area contributed by atoms with Gasteiger partial charge in [0.15, 0.2) is 0 Å². The molecule has 2 fully saturated rings. The third-order valence-corrected chi connectivity index (χ3v) is 4.41. The van der Waals surface area contributed by atoms with Crippen LogP contribution in [-0.2, 0) is 0 Å². The number of hydrogen-bond acceptors (Lipinski definition) is 1. The lowest BCUT2D eigenvalue weighted by molar-refractivity contribution is 0.166. The lowest BCUT2D eigenvalue weighted by Crippen LogP contribution is -2.44. The van der Waals surface area contributed by atoms with Crippen LogP contribution in [0.2, 0.25) is 0 Å². The Kier molecular flexibility index (Phi) is 2.88. The van der Waals surface area contributed by atoms with Crippen LogP contribution in [0.15, 0.2) is 0 Å². The lowest BCUT2D eigenvalue weighted by Gasteiger charge is -2.39. The molecular weight excluding hydrogens is 170 g/mol. The highest BCUT2D eigenvalue weighted by atomic mass is 14.9. The van der Waals surface area contributed by atoms with Crippen molar-refractivity contribution < 1.29 is 0 Å². The maximum absolute atomic E-state index is 3.80. The fraction of sp³-hybridized carbons (Fsp3) is 1.00. The summed E-state index contributed by atoms with van der Waals surface area (Å²) in [7, 11) is 0. The van der Waals surface area contributed by atoms with Crippen molar-refractivity contribution in [3.05, 3.63) is 0 Å². The van der Waals surface area contributed by atoms with Crippen LogP contribution < -0.4 is 5.32 Å². The molecule has 2 rings (SSSR count). The Bertz CT molecular complexity index is 197. The summed E-state index contributed by atoms with van der Waals surface area (Å²) in [6, 6.07) is 0.782. The number of nitrogens with one attached hydrogen (secondary N) is 1. The SMILES string of the molecule is CC1CC1CNC1CCCCC1(C)C. The van der Waals surface area contributed by atoms with Gasteiger partial charge in [0.05, 0.1) is 0 Å². The summed E-state index contributed by atoms with van der Waals surface area (Å²) < 4.78 is 0. The first-order valence-electron chi connectivity index (χ1n) is 6.33. The third-order valence-electron chi connectivity index (χ3n) is 4.41. The number of rotatable bonds is 3. The molecular formula is C13H25N. The molecule has 82 valence electrons. The predicted molar refractivity (Wildman–Crippen MR) is 61.3 cm³/mol. The Labute approximate surface area is 88.7 Å². The van der Waals surface area contributed by atoms with E-state index in [0.29, 0.717) is 5.41 Å². The molecule has 1 nitrogen and oxygen atoms in total. The van der Waals surface area contributed by atoms with Crippen LogP contribution in [0.5, 0.6) is 0 Å². The van der Waals surface area contributed by atoms with Crippen LogP contribution in [-0.4, -0.2) is 12.6 Å². The molecule has 0 amide bonds. The topological polar surface area (TPSA) is 12.0 Å². The molecule has 0 aromatic heterocycles. The first-order chi connectivity index (χ1) is 6.59. The van der Waals surface area contributed by atoms with Gasteiger partial charge in [-0.05, 0) is 43.1 Å². The van der Waals surface area contributed by atoms with E-state index in [1.54, 1.807) is 0 Å². The molecule has 2 saturated carbocycles. The molecule has 0 aliphatic heterocycles. The van der Waals surface area contributed by atoms with Crippen LogP contribution >= 0.6 is 0 Å². The predicted octanol–water partition coefficient (Wildman–Crippen LogP) is 3.20. The van der Waals surface area contributed by atoms with Gasteiger partial charge in [0.2, 0.25) is 0 Å². The van der Waals surface area contributed by atoms with E-state index in [1.807, 2.05) is 0 Å². The summed E-state index contributed by atoms with van der Waals surface area (Å²) in [5.74, 6) is 1.99. The highest BCUT2D eigenvalue weighted by Gasteiger charge is 2.36. The van der Waals surface area contributed by atoms with E-state index < -0.39 is 0 Å². The third kappa shape index (κ3) is 2.31. The largest absolute Gasteiger partial charge is 0.313 e. The van der Waals surface area contributed by atoms with Gasteiger partial charge in [-0.15, -0.1) is 0 Å². The minimum atomic E-state index is 0.538. The maximum atomic E-state index is 3.80. The van der Waals surface area contributed by atoms with Gasteiger partial charge in [0.25, 0.3) is 0 Å². The van der Waals surface area contributed by atoms with E-state index in [1.165, 1.54) is 38.6 Å². The molecule has 0 radical (unpaired) electrons. The minimum Gasteiger partial charge on any atom is -0.313 e. The molecule has 3 unspecified atom stereocenters. The van der Waals surface area contributed by atoms with Crippen molar-refractivity contribution in [2.75, 3.05) is 6.54 Å². The standard InChI is InChI=1S/C13H25N/c1-10-8-11(10)9-14-12-6-4-5-7-13(12,2)3/h10-12,14H,4-9H2,1-3H3. The molecule has 3 atom stereocenters. The highest BCUT2D eigenvalue weighted by Crippen LogP contribution is 2.39. The Hall–Kier alpha value is -0.0400. The molecule has 1 heteroatoms. The summed E-state index contributed by atoms with van der Waals surface area (Å²) in [5, 5.41) is 3.80. The van der Waals surface area contributed by atoms with Gasteiger partial charge < -0.3 is 5.32 Å². The summed E-state index contributed by atoms with van der Waals surface area (Å²) in [5.41, 5.74) is 0.538. The van der Waals surface area contributed by atoms with E-state index in [4.69, 9.17) is 0 Å². The zero-order valence-electron chi connectivity index (χ0n) is 9.97. The molecule has 2 aliphatic carbocycles. The average molecular weight is 195 g/mol. The minimum absolute atomic E-state index is 0.538. The molecule has 0 aromatic carbocycles. The van der Waals surface area contributed by atoms with Crippen molar-refractivity contribution in [2.45, 2.75) is 58.9 Å². The van der Waals surface area contributed by atoms with E-state index in [2.05, 4.69) is 26.1 Å². The highest BCUT2D eigenvalue weighted by molar-refractivity contribution is 4.91. The smallest absolute Gasteiger partial charge is 0.0118 e. The van der Waals surface area contributed by atoms with Crippen LogP contribution in [0.25, 0.3) is 0 Å².